The number of methoxy groups -OCH3 is 3. The van der Waals surface area contributed by atoms with Crippen LogP contribution in [0.2, 0.25) is 0 Å². The van der Waals surface area contributed by atoms with Gasteiger partial charge < -0.3 is 34.6 Å². The van der Waals surface area contributed by atoms with Gasteiger partial charge in [0.1, 0.15) is 11.5 Å². The molecule has 2 N–H and O–H groups in total. The van der Waals surface area contributed by atoms with Crippen molar-refractivity contribution < 1.29 is 68.1 Å². The average Bonchev–Trinajstić information content (AvgIpc) is 3.84. The number of fused-ring (bicyclic) bond motifs is 2. The van der Waals surface area contributed by atoms with Gasteiger partial charge in [0.15, 0.2) is 0 Å². The molecule has 2 aliphatic rings. The predicted octanol–water partition coefficient (Wildman–Crippen LogP) is 4.01. The molecule has 4 aromatic rings. The first kappa shape index (κ1) is 43.8. The second-order valence-corrected chi connectivity index (χ2v) is 11.9. The van der Waals surface area contributed by atoms with E-state index in [0.29, 0.717) is 36.4 Å². The molecule has 6 rings (SSSR count). The van der Waals surface area contributed by atoms with Crippen molar-refractivity contribution in [2.45, 2.75) is 39.5 Å². The Bertz CT molecular complexity index is 2050. The Morgan fingerprint density at radius 1 is 0.727 bits per heavy atom. The average molecular weight is 761 g/mol. The van der Waals surface area contributed by atoms with E-state index in [-0.39, 0.29) is 46.9 Å². The van der Waals surface area contributed by atoms with Crippen LogP contribution in [0.1, 0.15) is 58.5 Å². The van der Waals surface area contributed by atoms with E-state index in [9.17, 15) is 19.2 Å². The molecule has 0 aliphatic carbocycles. The number of nitrogens with one attached hydrogen (secondary N) is 1. The fourth-order valence-corrected chi connectivity index (χ4v) is 6.29. The summed E-state index contributed by atoms with van der Waals surface area (Å²) < 4.78 is 15.6. The standard InChI is InChI=1S/C20H21NO4.C19H19NO4.HN4O.Na/c1-4-19(22)21-10-9-14-11-13(6-8-17(14)21)16-7-5-15(20(23)25-3)12-18(16)24-2;1-3-18(21)20-9-8-13-10-12(5-7-16(13)20)15-6-4-14(19(22)23)11-17(15)24-2;1-2-3-4-5;/h5-8,11-12H,4,9-10H2,1-3H3;4-7,10-11H,3,8-9H2,1-2H3,(H,22,23);(H-,1,3,5);/q;;-1;+1. The minimum absolute atomic E-state index is 0. The Kier molecular flexibility index (Phi) is 16.5. The smallest absolute Gasteiger partial charge is 0.496 e. The van der Waals surface area contributed by atoms with E-state index in [1.54, 1.807) is 31.4 Å². The van der Waals surface area contributed by atoms with E-state index < -0.39 is 11.9 Å². The Hall–Kier alpha value is -5.64. The Balaban J connectivity index is 0.000000259. The molecule has 2 amide bonds. The van der Waals surface area contributed by atoms with Crippen LogP contribution in [-0.2, 0) is 27.2 Å². The van der Waals surface area contributed by atoms with Gasteiger partial charge in [-0.05, 0) is 101 Å². The van der Waals surface area contributed by atoms with Crippen LogP contribution < -0.4 is 54.4 Å². The van der Waals surface area contributed by atoms with E-state index in [1.165, 1.54) is 25.8 Å². The third-order valence-electron chi connectivity index (χ3n) is 8.94. The zero-order valence-corrected chi connectivity index (χ0v) is 33.6. The number of amides is 2. The number of carbonyl (C=O) groups excluding carboxylic acids is 3. The molecular formula is C39H41N6NaO9. The Morgan fingerprint density at radius 2 is 1.18 bits per heavy atom. The van der Waals surface area contributed by atoms with Gasteiger partial charge in [-0.15, -0.1) is 4.91 Å². The Labute approximate surface area is 340 Å². The zero-order chi connectivity index (χ0) is 39.4. The van der Waals surface area contributed by atoms with Gasteiger partial charge in [-0.3, -0.25) is 20.3 Å². The maximum Gasteiger partial charge on any atom is 1.00 e. The molecule has 0 unspecified atom stereocenters. The molecule has 0 fully saturated rings. The second kappa shape index (κ2) is 20.7. The summed E-state index contributed by atoms with van der Waals surface area (Å²) in [7, 11) is 4.46. The quantitative estimate of drug-likeness (QED) is 0.0783. The van der Waals surface area contributed by atoms with Crippen molar-refractivity contribution in [2.24, 2.45) is 10.5 Å². The summed E-state index contributed by atoms with van der Waals surface area (Å²) in [4.78, 5) is 59.3. The summed E-state index contributed by atoms with van der Waals surface area (Å²) in [5.74, 6) is 0.0307. The number of hydrogen-bond acceptors (Lipinski definition) is 10. The molecule has 55 heavy (non-hydrogen) atoms. The van der Waals surface area contributed by atoms with E-state index in [4.69, 9.17) is 29.8 Å². The van der Waals surface area contributed by atoms with E-state index in [0.717, 1.165) is 64.1 Å². The summed E-state index contributed by atoms with van der Waals surface area (Å²) in [6.45, 7) is 5.18. The monoisotopic (exact) mass is 760 g/mol. The first-order valence-electron chi connectivity index (χ1n) is 17.0. The normalized spacial score (nSPS) is 11.9. The molecule has 16 heteroatoms. The molecule has 0 saturated carbocycles. The van der Waals surface area contributed by atoms with Crippen LogP contribution in [0.25, 0.3) is 27.8 Å². The predicted molar refractivity (Wildman–Crippen MR) is 203 cm³/mol. The third-order valence-corrected chi connectivity index (χ3v) is 8.94. The number of nitroso groups, excluding NO2 is 1. The van der Waals surface area contributed by atoms with E-state index in [1.807, 2.05) is 59.3 Å². The van der Waals surface area contributed by atoms with Crippen LogP contribution in [0, 0.1) is 4.91 Å². The van der Waals surface area contributed by atoms with Gasteiger partial charge in [0.25, 0.3) is 0 Å². The van der Waals surface area contributed by atoms with Gasteiger partial charge in [0.05, 0.1) is 32.5 Å². The molecule has 0 atom stereocenters. The summed E-state index contributed by atoms with van der Waals surface area (Å²) in [5.41, 5.74) is 17.2. The first-order chi connectivity index (χ1) is 26.0. The van der Waals surface area contributed by atoms with Crippen LogP contribution in [0.3, 0.4) is 0 Å². The molecule has 0 radical (unpaired) electrons. The second-order valence-electron chi connectivity index (χ2n) is 11.9. The number of carboxylic acid groups (broad SMARTS) is 1. The van der Waals surface area contributed by atoms with Gasteiger partial charge in [0.2, 0.25) is 11.8 Å². The van der Waals surface area contributed by atoms with E-state index in [2.05, 4.69) is 17.4 Å². The first-order valence-corrected chi connectivity index (χ1v) is 17.0. The number of carbonyl (C=O) groups is 4. The minimum Gasteiger partial charge on any atom is -0.496 e. The number of hydrogen-bond donors (Lipinski definition) is 2. The number of ether oxygens (including phenoxy) is 3. The van der Waals surface area contributed by atoms with Crippen molar-refractivity contribution in [2.75, 3.05) is 44.2 Å². The topological polar surface area (TPSA) is 199 Å². The minimum atomic E-state index is -0.984. The molecule has 0 saturated heterocycles. The zero-order valence-electron chi connectivity index (χ0n) is 31.6. The molecular weight excluding hydrogens is 719 g/mol. The fraction of sp³-hybridized carbons (Fsp3) is 0.282. The SMILES string of the molecule is CCC(=O)N1CCc2cc(-c3ccc(C(=O)O)cc3OC)ccc21.CCC(=O)N1CCc2cc(-c3ccc(C(=O)OC)cc3OC)ccc21.[N-]=NNN=O.[Na+]. The van der Waals surface area contributed by atoms with Crippen LogP contribution in [-0.4, -0.2) is 63.3 Å². The molecule has 2 heterocycles. The number of benzene rings is 4. The van der Waals surface area contributed by atoms with Gasteiger partial charge in [-0.1, -0.05) is 26.0 Å². The third kappa shape index (κ3) is 10.3. The van der Waals surface area contributed by atoms with Gasteiger partial charge in [-0.2, -0.15) is 0 Å². The van der Waals surface area contributed by atoms with Gasteiger partial charge >= 0.3 is 41.5 Å². The van der Waals surface area contributed by atoms with Crippen LogP contribution >= 0.6 is 0 Å². The number of esters is 1. The van der Waals surface area contributed by atoms with Crippen molar-refractivity contribution in [3.63, 3.8) is 0 Å². The summed E-state index contributed by atoms with van der Waals surface area (Å²) >= 11 is 0. The van der Waals surface area contributed by atoms with Crippen LogP contribution in [0.15, 0.2) is 83.3 Å². The largest absolute Gasteiger partial charge is 1.00 e. The maximum absolute atomic E-state index is 12.0. The number of aromatic carboxylic acids is 1. The van der Waals surface area contributed by atoms with Crippen molar-refractivity contribution in [1.82, 2.24) is 5.53 Å². The summed E-state index contributed by atoms with van der Waals surface area (Å²) in [6, 6.07) is 22.1. The van der Waals surface area contributed by atoms with Crippen molar-refractivity contribution in [3.05, 3.63) is 105 Å². The number of nitrogens with zero attached hydrogens (tertiary/aromatic N) is 5. The molecule has 4 aromatic carbocycles. The fourth-order valence-electron chi connectivity index (χ4n) is 6.29. The molecule has 0 aromatic heterocycles. The van der Waals surface area contributed by atoms with Crippen molar-refractivity contribution in [1.29, 1.82) is 0 Å². The van der Waals surface area contributed by atoms with Crippen molar-refractivity contribution >= 4 is 35.1 Å². The molecule has 0 spiro atoms. The van der Waals surface area contributed by atoms with Crippen LogP contribution in [0.4, 0.5) is 11.4 Å². The molecule has 282 valence electrons. The number of rotatable bonds is 10. The molecule has 2 aliphatic heterocycles. The Morgan fingerprint density at radius 3 is 1.55 bits per heavy atom. The van der Waals surface area contributed by atoms with Crippen molar-refractivity contribution in [3.8, 4) is 33.8 Å². The number of carboxylic acids is 1. The van der Waals surface area contributed by atoms with Gasteiger partial charge in [-0.25, -0.2) is 9.59 Å². The summed E-state index contributed by atoms with van der Waals surface area (Å²) in [6.07, 6.45) is 2.66. The maximum atomic E-state index is 12.0. The summed E-state index contributed by atoms with van der Waals surface area (Å²) in [5, 5.41) is 13.2. The van der Waals surface area contributed by atoms with Gasteiger partial charge in [0, 0.05) is 48.4 Å². The van der Waals surface area contributed by atoms with Crippen LogP contribution in [0.5, 0.6) is 11.5 Å². The van der Waals surface area contributed by atoms with E-state index >= 15 is 0 Å². The molecule has 0 bridgehead atoms. The molecule has 15 nitrogen and oxygen atoms in total. The number of anilines is 2.